The number of benzene rings is 1. The van der Waals surface area contributed by atoms with Gasteiger partial charge in [0.25, 0.3) is 0 Å². The maximum Gasteiger partial charge on any atom is 0.126 e. The topological polar surface area (TPSA) is 9.23 Å². The molecule has 0 aliphatic carbocycles. The molecule has 0 unspecified atom stereocenters. The van der Waals surface area contributed by atoms with Gasteiger partial charge in [-0.15, -0.1) is 0 Å². The van der Waals surface area contributed by atoms with Crippen molar-refractivity contribution in [2.24, 2.45) is 0 Å². The van der Waals surface area contributed by atoms with Gasteiger partial charge >= 0.3 is 0 Å². The minimum Gasteiger partial charge on any atom is -0.363 e. The summed E-state index contributed by atoms with van der Waals surface area (Å²) in [5.74, 6) is 0. The average Bonchev–Trinajstić information content (AvgIpc) is 2.18. The summed E-state index contributed by atoms with van der Waals surface area (Å²) in [6, 6.07) is 8.38. The van der Waals surface area contributed by atoms with Crippen LogP contribution in [0.5, 0.6) is 0 Å². The molecule has 1 atom stereocenters. The van der Waals surface area contributed by atoms with Crippen LogP contribution in [0, 0.1) is 0 Å². The molecule has 1 aliphatic heterocycles. The predicted octanol–water partition coefficient (Wildman–Crippen LogP) is 3.17. The molecule has 0 N–H and O–H groups in total. The lowest BCUT2D eigenvalue weighted by Gasteiger charge is -2.18. The average molecular weight is 192 g/mol. The minimum absolute atomic E-state index is 0.194. The number of fused-ring (bicyclic) bond motifs is 1. The second-order valence-electron chi connectivity index (χ2n) is 2.84. The highest BCUT2D eigenvalue weighted by molar-refractivity contribution is 8.00. The van der Waals surface area contributed by atoms with Crippen LogP contribution in [0.4, 0.5) is 0 Å². The fraction of sp³-hybridized carbons (Fsp3) is 0.273. The van der Waals surface area contributed by atoms with Gasteiger partial charge in [-0.1, -0.05) is 36.0 Å². The van der Waals surface area contributed by atoms with Gasteiger partial charge in [0.15, 0.2) is 0 Å². The van der Waals surface area contributed by atoms with Gasteiger partial charge in [0.2, 0.25) is 0 Å². The Kier molecular flexibility index (Phi) is 2.71. The molecule has 13 heavy (non-hydrogen) atoms. The van der Waals surface area contributed by atoms with Crippen LogP contribution in [0.25, 0.3) is 6.08 Å². The van der Waals surface area contributed by atoms with Crippen molar-refractivity contribution < 1.29 is 4.74 Å². The third kappa shape index (κ3) is 1.95. The second-order valence-corrected chi connectivity index (χ2v) is 3.98. The molecule has 1 aromatic rings. The largest absolute Gasteiger partial charge is 0.363 e. The highest BCUT2D eigenvalue weighted by Gasteiger charge is 2.12. The maximum absolute atomic E-state index is 5.52. The van der Waals surface area contributed by atoms with E-state index >= 15 is 0 Å². The number of hydrogen-bond acceptors (Lipinski definition) is 2. The quantitative estimate of drug-likeness (QED) is 0.711. The van der Waals surface area contributed by atoms with Crippen LogP contribution in [0.3, 0.4) is 0 Å². The van der Waals surface area contributed by atoms with Crippen LogP contribution in [0.1, 0.15) is 12.5 Å². The molecule has 1 aromatic carbocycles. The van der Waals surface area contributed by atoms with Crippen molar-refractivity contribution >= 4 is 17.8 Å². The Hall–Kier alpha value is -0.730. The highest BCUT2D eigenvalue weighted by Crippen LogP contribution is 2.33. The van der Waals surface area contributed by atoms with Crippen molar-refractivity contribution in [1.29, 1.82) is 0 Å². The van der Waals surface area contributed by atoms with Gasteiger partial charge in [-0.3, -0.25) is 0 Å². The monoisotopic (exact) mass is 192 g/mol. The summed E-state index contributed by atoms with van der Waals surface area (Å²) in [6.07, 6.45) is 4.24. The molecule has 0 saturated carbocycles. The zero-order valence-electron chi connectivity index (χ0n) is 7.57. The molecule has 0 bridgehead atoms. The molecule has 0 spiro atoms. The van der Waals surface area contributed by atoms with Crippen molar-refractivity contribution in [2.45, 2.75) is 17.3 Å². The Bertz CT molecular complexity index is 320. The molecule has 2 heteroatoms. The first kappa shape index (κ1) is 8.85. The summed E-state index contributed by atoms with van der Waals surface area (Å²) >= 11 is 1.77. The Labute approximate surface area is 82.8 Å². The van der Waals surface area contributed by atoms with E-state index in [1.165, 1.54) is 10.5 Å². The highest BCUT2D eigenvalue weighted by atomic mass is 32.2. The third-order valence-electron chi connectivity index (χ3n) is 1.93. The Morgan fingerprint density at radius 2 is 2.23 bits per heavy atom. The van der Waals surface area contributed by atoms with Gasteiger partial charge in [-0.25, -0.2) is 0 Å². The molecule has 0 amide bonds. The standard InChI is InChI=1S/C11H12OS/c1-2-12-11-8-7-9-5-3-4-6-10(9)13-11/h3-8,11H,2H2,1H3/t11-/m0/s1. The maximum atomic E-state index is 5.52. The van der Waals surface area contributed by atoms with E-state index in [4.69, 9.17) is 4.74 Å². The van der Waals surface area contributed by atoms with E-state index in [0.717, 1.165) is 6.61 Å². The summed E-state index contributed by atoms with van der Waals surface area (Å²) in [5, 5.41) is 0. The Balaban J connectivity index is 2.19. The number of thioether (sulfide) groups is 1. The van der Waals surface area contributed by atoms with Crippen molar-refractivity contribution in [2.75, 3.05) is 6.61 Å². The van der Waals surface area contributed by atoms with Gasteiger partial charge in [-0.05, 0) is 24.6 Å². The fourth-order valence-corrected chi connectivity index (χ4v) is 2.37. The van der Waals surface area contributed by atoms with E-state index in [2.05, 4.69) is 36.4 Å². The summed E-state index contributed by atoms with van der Waals surface area (Å²) < 4.78 is 5.52. The van der Waals surface area contributed by atoms with E-state index in [1.807, 2.05) is 6.92 Å². The summed E-state index contributed by atoms with van der Waals surface area (Å²) in [5.41, 5.74) is 1.49. The van der Waals surface area contributed by atoms with Crippen molar-refractivity contribution in [3.05, 3.63) is 35.9 Å². The molecule has 1 heterocycles. The molecule has 0 radical (unpaired) electrons. The van der Waals surface area contributed by atoms with Crippen LogP contribution in [-0.2, 0) is 4.74 Å². The van der Waals surface area contributed by atoms with E-state index in [9.17, 15) is 0 Å². The van der Waals surface area contributed by atoms with Crippen LogP contribution >= 0.6 is 11.8 Å². The third-order valence-corrected chi connectivity index (χ3v) is 3.08. The van der Waals surface area contributed by atoms with Gasteiger partial charge in [0.05, 0.1) is 0 Å². The summed E-state index contributed by atoms with van der Waals surface area (Å²) in [6.45, 7) is 2.79. The molecule has 0 saturated heterocycles. The smallest absolute Gasteiger partial charge is 0.126 e. The number of hydrogen-bond donors (Lipinski definition) is 0. The van der Waals surface area contributed by atoms with Gasteiger partial charge < -0.3 is 4.74 Å². The molecule has 1 nitrogen and oxygen atoms in total. The zero-order valence-corrected chi connectivity index (χ0v) is 8.38. The molecule has 0 aromatic heterocycles. The lowest BCUT2D eigenvalue weighted by molar-refractivity contribution is 0.154. The normalized spacial score (nSPS) is 19.9. The molecule has 68 valence electrons. The van der Waals surface area contributed by atoms with Crippen LogP contribution in [0.2, 0.25) is 0 Å². The number of ether oxygens (including phenoxy) is 1. The van der Waals surface area contributed by atoms with Gasteiger partial charge in [0.1, 0.15) is 5.44 Å². The second kappa shape index (κ2) is 3.99. The lowest BCUT2D eigenvalue weighted by Crippen LogP contribution is -2.07. The van der Waals surface area contributed by atoms with Crippen LogP contribution < -0.4 is 0 Å². The fourth-order valence-electron chi connectivity index (χ4n) is 1.33. The molecule has 1 aliphatic rings. The van der Waals surface area contributed by atoms with Crippen molar-refractivity contribution in [3.8, 4) is 0 Å². The zero-order chi connectivity index (χ0) is 9.10. The minimum atomic E-state index is 0.194. The van der Waals surface area contributed by atoms with E-state index < -0.39 is 0 Å². The van der Waals surface area contributed by atoms with Crippen LogP contribution in [-0.4, -0.2) is 12.0 Å². The van der Waals surface area contributed by atoms with E-state index in [1.54, 1.807) is 11.8 Å². The summed E-state index contributed by atoms with van der Waals surface area (Å²) in [7, 11) is 0. The van der Waals surface area contributed by atoms with Crippen molar-refractivity contribution in [1.82, 2.24) is 0 Å². The molecular formula is C11H12OS. The summed E-state index contributed by atoms with van der Waals surface area (Å²) in [4.78, 5) is 1.31. The Morgan fingerprint density at radius 3 is 3.08 bits per heavy atom. The predicted molar refractivity (Wildman–Crippen MR) is 56.7 cm³/mol. The SMILES string of the molecule is CCO[C@@H]1C=Cc2ccccc2S1. The molecule has 2 rings (SSSR count). The first-order valence-electron chi connectivity index (χ1n) is 4.45. The van der Waals surface area contributed by atoms with Crippen molar-refractivity contribution in [3.63, 3.8) is 0 Å². The van der Waals surface area contributed by atoms with E-state index in [-0.39, 0.29) is 5.44 Å². The first-order valence-corrected chi connectivity index (χ1v) is 5.33. The Morgan fingerprint density at radius 1 is 1.38 bits per heavy atom. The number of rotatable bonds is 2. The van der Waals surface area contributed by atoms with Gasteiger partial charge in [0, 0.05) is 11.5 Å². The van der Waals surface area contributed by atoms with E-state index in [0.29, 0.717) is 0 Å². The molecular weight excluding hydrogens is 180 g/mol. The lowest BCUT2D eigenvalue weighted by atomic mass is 10.2. The first-order chi connectivity index (χ1) is 6.40. The van der Waals surface area contributed by atoms with Crippen LogP contribution in [0.15, 0.2) is 35.2 Å². The molecule has 0 fully saturated rings. The van der Waals surface area contributed by atoms with Gasteiger partial charge in [-0.2, -0.15) is 0 Å².